The Morgan fingerprint density at radius 1 is 1.31 bits per heavy atom. The highest BCUT2D eigenvalue weighted by molar-refractivity contribution is 7.98. The molecule has 162 valence electrons. The van der Waals surface area contributed by atoms with Crippen molar-refractivity contribution < 1.29 is 42.5 Å². The third-order valence-corrected chi connectivity index (χ3v) is 5.57. The van der Waals surface area contributed by atoms with Crippen LogP contribution in [0.25, 0.3) is 11.2 Å². The molecule has 2 aromatic rings. The fourth-order valence-corrected chi connectivity index (χ4v) is 4.13. The summed E-state index contributed by atoms with van der Waals surface area (Å²) in [7, 11) is -8.03. The smallest absolute Gasteiger partial charge is 0.371 e. The molecular formula is C12H19N5O9P2S. The van der Waals surface area contributed by atoms with Crippen LogP contribution in [0.4, 0.5) is 5.82 Å². The molecule has 3 heterocycles. The molecule has 0 aliphatic carbocycles. The average molecular weight is 471 g/mol. The van der Waals surface area contributed by atoms with Crippen molar-refractivity contribution in [3.05, 3.63) is 6.33 Å². The van der Waals surface area contributed by atoms with Gasteiger partial charge in [0.05, 0.1) is 12.9 Å². The van der Waals surface area contributed by atoms with Crippen molar-refractivity contribution in [1.29, 1.82) is 0 Å². The van der Waals surface area contributed by atoms with Gasteiger partial charge >= 0.3 is 15.6 Å². The Morgan fingerprint density at radius 2 is 2.03 bits per heavy atom. The molecule has 0 unspecified atom stereocenters. The molecule has 3 atom stereocenters. The van der Waals surface area contributed by atoms with Crippen LogP contribution in [-0.4, -0.2) is 71.2 Å². The summed E-state index contributed by atoms with van der Waals surface area (Å²) in [5.41, 5.74) is 0.862. The minimum Gasteiger partial charge on any atom is -0.371 e. The highest BCUT2D eigenvalue weighted by atomic mass is 32.2. The minimum absolute atomic E-state index is 0.0424. The van der Waals surface area contributed by atoms with Gasteiger partial charge in [0.1, 0.15) is 18.4 Å². The van der Waals surface area contributed by atoms with E-state index in [9.17, 15) is 9.13 Å². The normalized spacial score (nSPS) is 23.0. The summed E-state index contributed by atoms with van der Waals surface area (Å²) in [6.07, 6.45) is 0.0249. The quantitative estimate of drug-likeness (QED) is 0.202. The Morgan fingerprint density at radius 3 is 2.62 bits per heavy atom. The number of nitrogens with zero attached hydrogens (tertiary/aromatic N) is 4. The standard InChI is InChI=1S/C12H19N5O9P2S/c1-13-10-9-11(16-12(15-10)29-2)17(5-14-9)8-3-6(26-28(21,22)23)7(25-8)4-24-27(18,19)20/h5-8H,3-4H2,1-2H3,(H,13,15,16)(H2,18,19,20)(H2,21,22,23)/t6-,7-,8-/m1/s1. The van der Waals surface area contributed by atoms with Gasteiger partial charge in [-0.2, -0.15) is 0 Å². The van der Waals surface area contributed by atoms with Crippen LogP contribution >= 0.6 is 27.4 Å². The van der Waals surface area contributed by atoms with Crippen LogP contribution in [0.15, 0.2) is 11.5 Å². The number of phosphoric acid groups is 2. The molecule has 0 bridgehead atoms. The average Bonchev–Trinajstić information content (AvgIpc) is 3.20. The molecule has 14 nitrogen and oxygen atoms in total. The number of phosphoric ester groups is 2. The molecule has 1 saturated heterocycles. The van der Waals surface area contributed by atoms with Crippen molar-refractivity contribution in [2.45, 2.75) is 30.0 Å². The van der Waals surface area contributed by atoms with Crippen molar-refractivity contribution in [3.63, 3.8) is 0 Å². The van der Waals surface area contributed by atoms with Gasteiger partial charge in [0.15, 0.2) is 22.1 Å². The number of thioether (sulfide) groups is 1. The Kier molecular flexibility index (Phi) is 6.65. The second-order valence-corrected chi connectivity index (χ2v) is 9.12. The Labute approximate surface area is 168 Å². The van der Waals surface area contributed by atoms with Gasteiger partial charge in [0, 0.05) is 13.5 Å². The van der Waals surface area contributed by atoms with Crippen LogP contribution in [-0.2, 0) is 22.9 Å². The van der Waals surface area contributed by atoms with Crippen LogP contribution in [0.2, 0.25) is 0 Å². The molecule has 0 radical (unpaired) electrons. The maximum absolute atomic E-state index is 11.3. The molecule has 0 amide bonds. The lowest BCUT2D eigenvalue weighted by Gasteiger charge is -2.19. The summed E-state index contributed by atoms with van der Waals surface area (Å²) in [6.45, 7) is -0.634. The maximum atomic E-state index is 11.3. The predicted molar refractivity (Wildman–Crippen MR) is 100 cm³/mol. The van der Waals surface area contributed by atoms with E-state index in [0.29, 0.717) is 22.1 Å². The van der Waals surface area contributed by atoms with E-state index in [1.807, 2.05) is 0 Å². The van der Waals surface area contributed by atoms with Crippen molar-refractivity contribution in [1.82, 2.24) is 19.5 Å². The molecule has 0 saturated carbocycles. The first-order chi connectivity index (χ1) is 13.5. The molecule has 17 heteroatoms. The lowest BCUT2D eigenvalue weighted by atomic mass is 10.2. The summed E-state index contributed by atoms with van der Waals surface area (Å²) in [6, 6.07) is 0. The van der Waals surface area contributed by atoms with E-state index in [-0.39, 0.29) is 6.42 Å². The largest absolute Gasteiger partial charge is 0.469 e. The topological polar surface area (TPSA) is 198 Å². The number of hydrogen-bond acceptors (Lipinski definition) is 10. The highest BCUT2D eigenvalue weighted by Crippen LogP contribution is 2.45. The van der Waals surface area contributed by atoms with E-state index >= 15 is 0 Å². The van der Waals surface area contributed by atoms with Gasteiger partial charge in [0.2, 0.25) is 0 Å². The van der Waals surface area contributed by atoms with Gasteiger partial charge in [0.25, 0.3) is 0 Å². The van der Waals surface area contributed by atoms with Crippen molar-refractivity contribution in [2.75, 3.05) is 25.2 Å². The van der Waals surface area contributed by atoms with Crippen LogP contribution in [0.3, 0.4) is 0 Å². The van der Waals surface area contributed by atoms with Gasteiger partial charge in [-0.25, -0.2) is 24.1 Å². The third kappa shape index (κ3) is 5.52. The van der Waals surface area contributed by atoms with Crippen molar-refractivity contribution in [2.24, 2.45) is 0 Å². The molecule has 1 aliphatic rings. The van der Waals surface area contributed by atoms with E-state index in [1.54, 1.807) is 13.3 Å². The van der Waals surface area contributed by atoms with Crippen molar-refractivity contribution >= 4 is 44.4 Å². The lowest BCUT2D eigenvalue weighted by molar-refractivity contribution is -0.0417. The number of ether oxygens (including phenoxy) is 1. The van der Waals surface area contributed by atoms with E-state index in [2.05, 4.69) is 24.8 Å². The first-order valence-electron chi connectivity index (χ1n) is 8.06. The zero-order valence-corrected chi connectivity index (χ0v) is 17.8. The zero-order valence-electron chi connectivity index (χ0n) is 15.1. The summed E-state index contributed by atoms with van der Waals surface area (Å²) < 4.78 is 38.7. The van der Waals surface area contributed by atoms with E-state index in [1.165, 1.54) is 22.7 Å². The Hall–Kier alpha value is -1.12. The Balaban J connectivity index is 1.92. The third-order valence-electron chi connectivity index (χ3n) is 3.99. The number of imidazole rings is 1. The van der Waals surface area contributed by atoms with Crippen molar-refractivity contribution in [3.8, 4) is 0 Å². The second-order valence-electron chi connectivity index (χ2n) is 5.92. The molecule has 3 rings (SSSR count). The summed E-state index contributed by atoms with van der Waals surface area (Å²) in [4.78, 5) is 49.0. The minimum atomic E-state index is -4.89. The summed E-state index contributed by atoms with van der Waals surface area (Å²) >= 11 is 1.31. The molecule has 1 fully saturated rings. The van der Waals surface area contributed by atoms with Crippen LogP contribution in [0, 0.1) is 0 Å². The molecule has 5 N–H and O–H groups in total. The molecule has 29 heavy (non-hydrogen) atoms. The molecule has 0 aromatic carbocycles. The molecule has 1 aliphatic heterocycles. The fraction of sp³-hybridized carbons (Fsp3) is 0.583. The molecular weight excluding hydrogens is 452 g/mol. The monoisotopic (exact) mass is 471 g/mol. The first-order valence-corrected chi connectivity index (χ1v) is 12.3. The van der Waals surface area contributed by atoms with Gasteiger partial charge < -0.3 is 29.6 Å². The number of rotatable bonds is 8. The van der Waals surface area contributed by atoms with E-state index in [4.69, 9.17) is 28.8 Å². The first kappa shape index (κ1) is 22.6. The Bertz CT molecular complexity index is 978. The lowest BCUT2D eigenvalue weighted by Crippen LogP contribution is -2.28. The number of fused-ring (bicyclic) bond motifs is 1. The van der Waals surface area contributed by atoms with Gasteiger partial charge in [-0.15, -0.1) is 0 Å². The highest BCUT2D eigenvalue weighted by Gasteiger charge is 2.42. The zero-order chi connectivity index (χ0) is 21.4. The van der Waals surface area contributed by atoms with Gasteiger partial charge in [-0.3, -0.25) is 13.6 Å². The second kappa shape index (κ2) is 8.55. The SMILES string of the molecule is CNc1nc(SC)nc2c1ncn2[C@H]1C[C@@H](OP(=O)(O)O)[C@@H](COP(=O)(O)O)O1. The summed E-state index contributed by atoms with van der Waals surface area (Å²) in [5, 5.41) is 3.38. The van der Waals surface area contributed by atoms with Gasteiger partial charge in [-0.05, 0) is 6.26 Å². The van der Waals surface area contributed by atoms with Crippen LogP contribution in [0.5, 0.6) is 0 Å². The fourth-order valence-electron chi connectivity index (χ4n) is 2.85. The molecule has 0 spiro atoms. The van der Waals surface area contributed by atoms with Crippen LogP contribution in [0.1, 0.15) is 12.6 Å². The number of aromatic nitrogens is 4. The van der Waals surface area contributed by atoms with Crippen LogP contribution < -0.4 is 5.32 Å². The molecule has 2 aromatic heterocycles. The number of nitrogens with one attached hydrogen (secondary N) is 1. The predicted octanol–water partition coefficient (Wildman–Crippen LogP) is 0.465. The summed E-state index contributed by atoms with van der Waals surface area (Å²) in [5.74, 6) is 0.487. The number of hydrogen-bond donors (Lipinski definition) is 5. The number of anilines is 1. The maximum Gasteiger partial charge on any atom is 0.469 e. The van der Waals surface area contributed by atoms with E-state index < -0.39 is 40.7 Å². The van der Waals surface area contributed by atoms with Gasteiger partial charge in [-0.1, -0.05) is 11.8 Å². The van der Waals surface area contributed by atoms with E-state index in [0.717, 1.165) is 0 Å².